The molecule has 72 valence electrons. The fraction of sp³-hybridized carbons (Fsp3) is 0.800. The number of carbonyl (C=O) groups excluding carboxylic acids is 1. The van der Waals surface area contributed by atoms with E-state index in [0.717, 1.165) is 12.8 Å². The number of amides is 1. The van der Waals surface area contributed by atoms with Gasteiger partial charge in [0.1, 0.15) is 6.04 Å². The highest BCUT2D eigenvalue weighted by atomic mass is 16.2. The fourth-order valence-electron chi connectivity index (χ4n) is 1.40. The van der Waals surface area contributed by atoms with Gasteiger partial charge in [-0.1, -0.05) is 13.8 Å². The summed E-state index contributed by atoms with van der Waals surface area (Å²) in [5, 5.41) is 8.77. The number of hydrogen-bond donors (Lipinski definition) is 0. The minimum Gasteiger partial charge on any atom is -0.324 e. The third-order valence-electron chi connectivity index (χ3n) is 2.29. The van der Waals surface area contributed by atoms with Crippen LogP contribution in [0.2, 0.25) is 0 Å². The van der Waals surface area contributed by atoms with Crippen molar-refractivity contribution in [2.75, 3.05) is 0 Å². The zero-order chi connectivity index (χ0) is 10.0. The number of nitriles is 1. The summed E-state index contributed by atoms with van der Waals surface area (Å²) in [5.41, 5.74) is 0. The van der Waals surface area contributed by atoms with E-state index in [2.05, 4.69) is 6.07 Å². The Morgan fingerprint density at radius 2 is 2.00 bits per heavy atom. The lowest BCUT2D eigenvalue weighted by Crippen LogP contribution is -2.41. The Balaban J connectivity index is 2.68. The maximum absolute atomic E-state index is 11.7. The van der Waals surface area contributed by atoms with Crippen LogP contribution < -0.4 is 0 Å². The monoisotopic (exact) mass is 180 g/mol. The first-order valence-corrected chi connectivity index (χ1v) is 4.79. The van der Waals surface area contributed by atoms with Crippen LogP contribution in [0.3, 0.4) is 0 Å². The second-order valence-corrected chi connectivity index (χ2v) is 3.94. The van der Waals surface area contributed by atoms with Crippen LogP contribution in [0.4, 0.5) is 0 Å². The normalized spacial score (nSPS) is 18.1. The van der Waals surface area contributed by atoms with Crippen molar-refractivity contribution in [1.29, 1.82) is 5.26 Å². The van der Waals surface area contributed by atoms with Crippen molar-refractivity contribution in [2.45, 2.75) is 45.7 Å². The molecule has 1 aliphatic rings. The second-order valence-electron chi connectivity index (χ2n) is 3.94. The lowest BCUT2D eigenvalue weighted by molar-refractivity contribution is -0.136. The Hall–Kier alpha value is -1.04. The fourth-order valence-corrected chi connectivity index (χ4v) is 1.40. The van der Waals surface area contributed by atoms with Gasteiger partial charge in [-0.15, -0.1) is 0 Å². The predicted octanol–water partition coefficient (Wildman–Crippen LogP) is 1.55. The van der Waals surface area contributed by atoms with E-state index in [-0.39, 0.29) is 17.9 Å². The highest BCUT2D eigenvalue weighted by molar-refractivity contribution is 5.79. The summed E-state index contributed by atoms with van der Waals surface area (Å²) in [5.74, 6) is 0.105. The van der Waals surface area contributed by atoms with Gasteiger partial charge in [0, 0.05) is 12.0 Å². The zero-order valence-electron chi connectivity index (χ0n) is 8.45. The standard InChI is InChI=1S/C10H16N2O/c1-7(2)10(13)12(8(3)6-11)9-4-5-9/h7-9H,4-5H2,1-3H3/t8-/m0/s1. The van der Waals surface area contributed by atoms with E-state index in [1.54, 1.807) is 11.8 Å². The molecular formula is C10H16N2O. The van der Waals surface area contributed by atoms with Crippen LogP contribution in [-0.2, 0) is 4.79 Å². The molecule has 0 bridgehead atoms. The molecule has 1 amide bonds. The van der Waals surface area contributed by atoms with E-state index in [9.17, 15) is 4.79 Å². The Bertz CT molecular complexity index is 238. The van der Waals surface area contributed by atoms with Gasteiger partial charge >= 0.3 is 0 Å². The summed E-state index contributed by atoms with van der Waals surface area (Å²) < 4.78 is 0. The first kappa shape index (κ1) is 10.0. The van der Waals surface area contributed by atoms with E-state index in [4.69, 9.17) is 5.26 Å². The first-order chi connectivity index (χ1) is 6.07. The first-order valence-electron chi connectivity index (χ1n) is 4.79. The van der Waals surface area contributed by atoms with Crippen molar-refractivity contribution in [3.8, 4) is 6.07 Å². The van der Waals surface area contributed by atoms with Gasteiger partial charge in [0.15, 0.2) is 0 Å². The predicted molar refractivity (Wildman–Crippen MR) is 49.8 cm³/mol. The van der Waals surface area contributed by atoms with Crippen molar-refractivity contribution >= 4 is 5.91 Å². The Labute approximate surface area is 79.3 Å². The minimum absolute atomic E-state index is 0.00333. The molecule has 1 fully saturated rings. The molecule has 1 aliphatic carbocycles. The lowest BCUT2D eigenvalue weighted by atomic mass is 10.1. The molecule has 0 aromatic heterocycles. The maximum Gasteiger partial charge on any atom is 0.226 e. The van der Waals surface area contributed by atoms with Gasteiger partial charge in [-0.3, -0.25) is 4.79 Å². The summed E-state index contributed by atoms with van der Waals surface area (Å²) >= 11 is 0. The number of carbonyl (C=O) groups is 1. The zero-order valence-corrected chi connectivity index (χ0v) is 8.45. The molecule has 0 aromatic carbocycles. The Kier molecular flexibility index (Phi) is 2.92. The number of hydrogen-bond acceptors (Lipinski definition) is 2. The van der Waals surface area contributed by atoms with Crippen LogP contribution in [0.1, 0.15) is 33.6 Å². The number of rotatable bonds is 3. The lowest BCUT2D eigenvalue weighted by Gasteiger charge is -2.26. The minimum atomic E-state index is -0.276. The number of nitrogens with zero attached hydrogens (tertiary/aromatic N) is 2. The highest BCUT2D eigenvalue weighted by Gasteiger charge is 2.36. The molecule has 0 spiro atoms. The van der Waals surface area contributed by atoms with Crippen LogP contribution in [0.25, 0.3) is 0 Å². The SMILES string of the molecule is CC(C)C(=O)N(C1CC1)[C@@H](C)C#N. The molecule has 0 aliphatic heterocycles. The third kappa shape index (κ3) is 2.21. The highest BCUT2D eigenvalue weighted by Crippen LogP contribution is 2.29. The quantitative estimate of drug-likeness (QED) is 0.661. The van der Waals surface area contributed by atoms with Crippen molar-refractivity contribution < 1.29 is 4.79 Å². The molecule has 1 rings (SSSR count). The molecule has 3 nitrogen and oxygen atoms in total. The van der Waals surface area contributed by atoms with E-state index in [1.807, 2.05) is 13.8 Å². The van der Waals surface area contributed by atoms with Crippen molar-refractivity contribution in [3.63, 3.8) is 0 Å². The summed E-state index contributed by atoms with van der Waals surface area (Å²) in [7, 11) is 0. The summed E-state index contributed by atoms with van der Waals surface area (Å²) in [6.07, 6.45) is 2.12. The summed E-state index contributed by atoms with van der Waals surface area (Å²) in [4.78, 5) is 13.4. The molecule has 0 N–H and O–H groups in total. The molecule has 0 radical (unpaired) electrons. The Morgan fingerprint density at radius 1 is 1.46 bits per heavy atom. The molecular weight excluding hydrogens is 164 g/mol. The molecule has 1 atom stereocenters. The van der Waals surface area contributed by atoms with Crippen LogP contribution in [0.15, 0.2) is 0 Å². The van der Waals surface area contributed by atoms with Crippen LogP contribution in [0.5, 0.6) is 0 Å². The van der Waals surface area contributed by atoms with Gasteiger partial charge in [0.2, 0.25) is 5.91 Å². The van der Waals surface area contributed by atoms with E-state index in [1.165, 1.54) is 0 Å². The van der Waals surface area contributed by atoms with E-state index in [0.29, 0.717) is 6.04 Å². The summed E-state index contributed by atoms with van der Waals surface area (Å²) in [6, 6.07) is 2.19. The van der Waals surface area contributed by atoms with Crippen molar-refractivity contribution in [2.24, 2.45) is 5.92 Å². The molecule has 0 saturated heterocycles. The average Bonchev–Trinajstić information content (AvgIpc) is 2.88. The summed E-state index contributed by atoms with van der Waals surface area (Å²) in [6.45, 7) is 5.54. The van der Waals surface area contributed by atoms with Crippen molar-refractivity contribution in [1.82, 2.24) is 4.90 Å². The van der Waals surface area contributed by atoms with E-state index >= 15 is 0 Å². The van der Waals surface area contributed by atoms with Gasteiger partial charge in [-0.05, 0) is 19.8 Å². The largest absolute Gasteiger partial charge is 0.324 e. The second kappa shape index (κ2) is 3.78. The third-order valence-corrected chi connectivity index (χ3v) is 2.29. The van der Waals surface area contributed by atoms with Gasteiger partial charge in [-0.2, -0.15) is 5.26 Å². The molecule has 1 saturated carbocycles. The van der Waals surface area contributed by atoms with Crippen LogP contribution in [-0.4, -0.2) is 22.9 Å². The molecule has 0 unspecified atom stereocenters. The molecule has 13 heavy (non-hydrogen) atoms. The smallest absolute Gasteiger partial charge is 0.226 e. The average molecular weight is 180 g/mol. The van der Waals surface area contributed by atoms with Gasteiger partial charge in [0.25, 0.3) is 0 Å². The van der Waals surface area contributed by atoms with Crippen LogP contribution in [0, 0.1) is 17.2 Å². The Morgan fingerprint density at radius 3 is 2.31 bits per heavy atom. The van der Waals surface area contributed by atoms with Crippen molar-refractivity contribution in [3.05, 3.63) is 0 Å². The topological polar surface area (TPSA) is 44.1 Å². The maximum atomic E-state index is 11.7. The molecule has 0 heterocycles. The molecule has 3 heteroatoms. The van der Waals surface area contributed by atoms with Gasteiger partial charge in [0.05, 0.1) is 6.07 Å². The van der Waals surface area contributed by atoms with E-state index < -0.39 is 0 Å². The van der Waals surface area contributed by atoms with Gasteiger partial charge < -0.3 is 4.90 Å². The van der Waals surface area contributed by atoms with Crippen LogP contribution >= 0.6 is 0 Å². The van der Waals surface area contributed by atoms with Gasteiger partial charge in [-0.25, -0.2) is 0 Å². The molecule has 0 aromatic rings.